The van der Waals surface area contributed by atoms with Gasteiger partial charge in [-0.2, -0.15) is 0 Å². The fourth-order valence-electron chi connectivity index (χ4n) is 4.61. The summed E-state index contributed by atoms with van der Waals surface area (Å²) in [6.07, 6.45) is 0. The number of hydrogen-bond acceptors (Lipinski definition) is 3. The predicted octanol–water partition coefficient (Wildman–Crippen LogP) is 9.78. The van der Waals surface area contributed by atoms with Crippen molar-refractivity contribution in [2.75, 3.05) is 0 Å². The Labute approximate surface area is 203 Å². The third-order valence-electron chi connectivity index (χ3n) is 6.69. The molecule has 0 saturated heterocycles. The zero-order valence-corrected chi connectivity index (χ0v) is 20.7. The predicted molar refractivity (Wildman–Crippen MR) is 146 cm³/mol. The van der Waals surface area contributed by atoms with Crippen molar-refractivity contribution in [3.05, 3.63) is 90.0 Å². The number of oxazole rings is 1. The summed E-state index contributed by atoms with van der Waals surface area (Å²) in [6, 6.07) is 28.3. The van der Waals surface area contributed by atoms with Gasteiger partial charge < -0.3 is 4.42 Å². The maximum Gasteiger partial charge on any atom is 0.227 e. The van der Waals surface area contributed by atoms with E-state index in [0.29, 0.717) is 17.7 Å². The second kappa shape index (κ2) is 8.11. The maximum atomic E-state index is 5.98. The molecule has 34 heavy (non-hydrogen) atoms. The van der Waals surface area contributed by atoms with Crippen LogP contribution in [0.3, 0.4) is 0 Å². The molecule has 2 heterocycles. The molecular weight excluding hydrogens is 434 g/mol. The van der Waals surface area contributed by atoms with Gasteiger partial charge in [-0.1, -0.05) is 58.0 Å². The lowest BCUT2D eigenvalue weighted by Gasteiger charge is -2.11. The van der Waals surface area contributed by atoms with Crippen molar-refractivity contribution in [2.24, 2.45) is 0 Å². The topological polar surface area (TPSA) is 26.0 Å². The van der Waals surface area contributed by atoms with Crippen molar-refractivity contribution in [2.45, 2.75) is 39.5 Å². The van der Waals surface area contributed by atoms with E-state index in [4.69, 9.17) is 4.42 Å². The standard InChI is InChI=1S/C31H27NOS/c1-18(2)22-13-14-29-25(15-22)26-17-23(19(3)4)16-24(30(26)34-29)20-9-11-21(12-10-20)31-32-27-7-5-6-8-28(27)33-31/h5-19H,1-4H3. The Kier molecular flexibility index (Phi) is 5.04. The molecule has 3 heteroatoms. The van der Waals surface area contributed by atoms with Crippen molar-refractivity contribution in [1.82, 2.24) is 4.98 Å². The maximum absolute atomic E-state index is 5.98. The van der Waals surface area contributed by atoms with Gasteiger partial charge in [0.15, 0.2) is 5.58 Å². The largest absolute Gasteiger partial charge is 0.436 e. The van der Waals surface area contributed by atoms with Crippen LogP contribution in [0.5, 0.6) is 0 Å². The van der Waals surface area contributed by atoms with Crippen LogP contribution < -0.4 is 0 Å². The van der Waals surface area contributed by atoms with E-state index >= 15 is 0 Å². The summed E-state index contributed by atoms with van der Waals surface area (Å²) in [5.41, 5.74) is 8.00. The smallest absolute Gasteiger partial charge is 0.227 e. The van der Waals surface area contributed by atoms with Crippen LogP contribution in [0.1, 0.15) is 50.7 Å². The van der Waals surface area contributed by atoms with Crippen molar-refractivity contribution >= 4 is 42.6 Å². The average molecular weight is 462 g/mol. The van der Waals surface area contributed by atoms with E-state index in [0.717, 1.165) is 16.7 Å². The fourth-order valence-corrected chi connectivity index (χ4v) is 5.81. The molecule has 0 aliphatic heterocycles. The Balaban J connectivity index is 1.50. The zero-order valence-electron chi connectivity index (χ0n) is 19.9. The van der Waals surface area contributed by atoms with Crippen LogP contribution in [0.4, 0.5) is 0 Å². The molecule has 0 atom stereocenters. The Morgan fingerprint density at radius 2 is 1.41 bits per heavy atom. The summed E-state index contributed by atoms with van der Waals surface area (Å²) in [4.78, 5) is 4.66. The van der Waals surface area contributed by atoms with Gasteiger partial charge >= 0.3 is 0 Å². The highest BCUT2D eigenvalue weighted by Crippen LogP contribution is 2.43. The third kappa shape index (κ3) is 3.52. The van der Waals surface area contributed by atoms with Crippen LogP contribution in [0.15, 0.2) is 83.3 Å². The lowest BCUT2D eigenvalue weighted by Crippen LogP contribution is -1.90. The molecule has 0 saturated carbocycles. The SMILES string of the molecule is CC(C)c1ccc2sc3c(-c4ccc(-c5nc6ccccc6o5)cc4)cc(C(C)C)cc3c2c1. The second-order valence-corrected chi connectivity index (χ2v) is 10.7. The summed E-state index contributed by atoms with van der Waals surface area (Å²) >= 11 is 1.90. The van der Waals surface area contributed by atoms with Crippen LogP contribution in [0.2, 0.25) is 0 Å². The molecule has 0 bridgehead atoms. The molecule has 0 radical (unpaired) electrons. The van der Waals surface area contributed by atoms with Gasteiger partial charge in [-0.15, -0.1) is 11.3 Å². The molecule has 4 aromatic carbocycles. The first-order chi connectivity index (χ1) is 16.5. The van der Waals surface area contributed by atoms with Crippen LogP contribution >= 0.6 is 11.3 Å². The number of para-hydroxylation sites is 2. The highest BCUT2D eigenvalue weighted by Gasteiger charge is 2.16. The number of nitrogens with zero attached hydrogens (tertiary/aromatic N) is 1. The first kappa shape index (κ1) is 21.1. The molecule has 0 fully saturated rings. The molecule has 0 unspecified atom stereocenters. The fraction of sp³-hybridized carbons (Fsp3) is 0.194. The molecule has 6 rings (SSSR count). The average Bonchev–Trinajstić information content (AvgIpc) is 3.44. The van der Waals surface area contributed by atoms with E-state index in [9.17, 15) is 0 Å². The second-order valence-electron chi connectivity index (χ2n) is 9.68. The van der Waals surface area contributed by atoms with Gasteiger partial charge in [-0.25, -0.2) is 4.98 Å². The van der Waals surface area contributed by atoms with Crippen LogP contribution in [-0.4, -0.2) is 4.98 Å². The Bertz CT molecular complexity index is 1620. The number of aromatic nitrogens is 1. The van der Waals surface area contributed by atoms with E-state index in [2.05, 4.69) is 87.3 Å². The van der Waals surface area contributed by atoms with Crippen molar-refractivity contribution in [1.29, 1.82) is 0 Å². The number of hydrogen-bond donors (Lipinski definition) is 0. The molecule has 0 N–H and O–H groups in total. The van der Waals surface area contributed by atoms with E-state index in [-0.39, 0.29) is 0 Å². The Morgan fingerprint density at radius 1 is 0.706 bits per heavy atom. The quantitative estimate of drug-likeness (QED) is 0.261. The van der Waals surface area contributed by atoms with Gasteiger partial charge in [0.1, 0.15) is 5.52 Å². The van der Waals surface area contributed by atoms with Crippen molar-refractivity contribution in [3.63, 3.8) is 0 Å². The molecular formula is C31H27NOS. The van der Waals surface area contributed by atoms with Crippen molar-refractivity contribution < 1.29 is 4.42 Å². The highest BCUT2D eigenvalue weighted by atomic mass is 32.1. The van der Waals surface area contributed by atoms with Crippen LogP contribution in [0, 0.1) is 0 Å². The van der Waals surface area contributed by atoms with Crippen LogP contribution in [-0.2, 0) is 0 Å². The minimum atomic E-state index is 0.463. The summed E-state index contributed by atoms with van der Waals surface area (Å²) in [5.74, 6) is 1.65. The molecule has 0 amide bonds. The van der Waals surface area contributed by atoms with Gasteiger partial charge in [0.05, 0.1) is 0 Å². The summed E-state index contributed by atoms with van der Waals surface area (Å²) in [7, 11) is 0. The molecule has 2 aromatic heterocycles. The van der Waals surface area contributed by atoms with Gasteiger partial charge in [-0.3, -0.25) is 0 Å². The number of fused-ring (bicyclic) bond motifs is 4. The molecule has 168 valence electrons. The summed E-state index contributed by atoms with van der Waals surface area (Å²) in [6.45, 7) is 9.07. The Hall–Kier alpha value is -3.43. The molecule has 0 aliphatic carbocycles. The van der Waals surface area contributed by atoms with E-state index in [1.165, 1.54) is 42.4 Å². The number of thiophene rings is 1. The number of benzene rings is 4. The Morgan fingerprint density at radius 3 is 2.15 bits per heavy atom. The minimum Gasteiger partial charge on any atom is -0.436 e. The van der Waals surface area contributed by atoms with Gasteiger partial charge in [-0.05, 0) is 82.6 Å². The van der Waals surface area contributed by atoms with Crippen LogP contribution in [0.25, 0.3) is 53.9 Å². The van der Waals surface area contributed by atoms with E-state index < -0.39 is 0 Å². The lowest BCUT2D eigenvalue weighted by atomic mass is 9.93. The molecule has 2 nitrogen and oxygen atoms in total. The normalized spacial score (nSPS) is 12.1. The lowest BCUT2D eigenvalue weighted by molar-refractivity contribution is 0.620. The first-order valence-corrected chi connectivity index (χ1v) is 12.8. The minimum absolute atomic E-state index is 0.463. The summed E-state index contributed by atoms with van der Waals surface area (Å²) in [5, 5.41) is 2.74. The third-order valence-corrected chi connectivity index (χ3v) is 7.91. The first-order valence-electron chi connectivity index (χ1n) is 11.9. The molecule has 6 aromatic rings. The summed E-state index contributed by atoms with van der Waals surface area (Å²) < 4.78 is 8.69. The highest BCUT2D eigenvalue weighted by molar-refractivity contribution is 7.26. The van der Waals surface area contributed by atoms with E-state index in [1.807, 2.05) is 35.6 Å². The molecule has 0 aliphatic rings. The zero-order chi connectivity index (χ0) is 23.4. The van der Waals surface area contributed by atoms with Gasteiger partial charge in [0.2, 0.25) is 5.89 Å². The molecule has 0 spiro atoms. The van der Waals surface area contributed by atoms with Crippen molar-refractivity contribution in [3.8, 4) is 22.6 Å². The van der Waals surface area contributed by atoms with Gasteiger partial charge in [0, 0.05) is 25.7 Å². The van der Waals surface area contributed by atoms with Gasteiger partial charge in [0.25, 0.3) is 0 Å². The van der Waals surface area contributed by atoms with E-state index in [1.54, 1.807) is 0 Å². The monoisotopic (exact) mass is 461 g/mol. The number of rotatable bonds is 4.